The molecular formula is C23H18BrN3O3. The number of aromatic nitrogens is 2. The molecule has 0 saturated carbocycles. The molecule has 4 aromatic rings. The maximum atomic E-state index is 12.5. The molecule has 1 amide bonds. The van der Waals surface area contributed by atoms with E-state index in [4.69, 9.17) is 9.15 Å². The molecule has 0 fully saturated rings. The van der Waals surface area contributed by atoms with E-state index in [-0.39, 0.29) is 5.91 Å². The van der Waals surface area contributed by atoms with Crippen LogP contribution in [0.2, 0.25) is 0 Å². The molecule has 1 N–H and O–H groups in total. The number of carbonyl (C=O) groups excluding carboxylic acids is 1. The molecule has 0 bridgehead atoms. The number of pyridine rings is 1. The van der Waals surface area contributed by atoms with Gasteiger partial charge in [0.1, 0.15) is 5.75 Å². The number of amides is 1. The average Bonchev–Trinajstić information content (AvgIpc) is 3.18. The number of hydrogen-bond donors (Lipinski definition) is 1. The Hall–Kier alpha value is -3.45. The van der Waals surface area contributed by atoms with Crippen molar-refractivity contribution in [3.63, 3.8) is 0 Å². The van der Waals surface area contributed by atoms with Crippen LogP contribution in [0.25, 0.3) is 28.8 Å². The van der Waals surface area contributed by atoms with Crippen LogP contribution in [0.15, 0.2) is 69.7 Å². The predicted octanol–water partition coefficient (Wildman–Crippen LogP) is 5.62. The number of ether oxygens (including phenoxy) is 1. The number of nitrogens with one attached hydrogen (secondary N) is 1. The molecule has 0 spiro atoms. The van der Waals surface area contributed by atoms with E-state index >= 15 is 0 Å². The second kappa shape index (κ2) is 8.51. The van der Waals surface area contributed by atoms with Gasteiger partial charge in [0.15, 0.2) is 11.2 Å². The number of anilines is 1. The number of benzene rings is 2. The van der Waals surface area contributed by atoms with Gasteiger partial charge in [0, 0.05) is 33.6 Å². The summed E-state index contributed by atoms with van der Waals surface area (Å²) < 4.78 is 12.1. The fourth-order valence-electron chi connectivity index (χ4n) is 3.06. The molecule has 7 heteroatoms. The first-order chi connectivity index (χ1) is 14.5. The Balaban J connectivity index is 1.57. The van der Waals surface area contributed by atoms with Crippen LogP contribution in [0.5, 0.6) is 5.75 Å². The fraction of sp³-hybridized carbons (Fsp3) is 0.0870. The number of rotatable bonds is 5. The molecular weight excluding hydrogens is 446 g/mol. The number of hydrogen-bond acceptors (Lipinski definition) is 5. The number of nitrogens with zero attached hydrogens (tertiary/aromatic N) is 2. The fourth-order valence-corrected chi connectivity index (χ4v) is 3.44. The van der Waals surface area contributed by atoms with Gasteiger partial charge < -0.3 is 14.5 Å². The zero-order chi connectivity index (χ0) is 21.1. The summed E-state index contributed by atoms with van der Waals surface area (Å²) in [5.41, 5.74) is 4.29. The van der Waals surface area contributed by atoms with Crippen molar-refractivity contribution in [2.45, 2.75) is 6.92 Å². The third-order valence-electron chi connectivity index (χ3n) is 4.59. The molecule has 0 radical (unpaired) electrons. The third-order valence-corrected chi connectivity index (χ3v) is 5.09. The first-order valence-electron chi connectivity index (χ1n) is 9.19. The van der Waals surface area contributed by atoms with Crippen LogP contribution in [-0.4, -0.2) is 23.0 Å². The molecule has 2 aromatic carbocycles. The summed E-state index contributed by atoms with van der Waals surface area (Å²) >= 11 is 3.43. The first-order valence-corrected chi connectivity index (χ1v) is 9.98. The largest absolute Gasteiger partial charge is 0.496 e. The van der Waals surface area contributed by atoms with Crippen molar-refractivity contribution >= 4 is 44.8 Å². The van der Waals surface area contributed by atoms with E-state index in [9.17, 15) is 4.79 Å². The standard InChI is InChI=1S/C23H18BrN3O3/c1-14-17(23-27-22-20(30-23)7-4-12-25-22)5-3-6-18(14)26-21(28)11-8-15-13-16(24)9-10-19(15)29-2/h3-13H,1-2H3,(H,26,28). The monoisotopic (exact) mass is 463 g/mol. The molecule has 0 saturated heterocycles. The molecule has 30 heavy (non-hydrogen) atoms. The van der Waals surface area contributed by atoms with Crippen LogP contribution >= 0.6 is 15.9 Å². The van der Waals surface area contributed by atoms with Crippen LogP contribution in [0.3, 0.4) is 0 Å². The highest BCUT2D eigenvalue weighted by atomic mass is 79.9. The lowest BCUT2D eigenvalue weighted by Gasteiger charge is -2.09. The van der Waals surface area contributed by atoms with Crippen molar-refractivity contribution in [2.75, 3.05) is 12.4 Å². The van der Waals surface area contributed by atoms with E-state index in [1.54, 1.807) is 25.4 Å². The molecule has 6 nitrogen and oxygen atoms in total. The lowest BCUT2D eigenvalue weighted by Crippen LogP contribution is -2.09. The number of fused-ring (bicyclic) bond motifs is 1. The first kappa shape index (κ1) is 19.8. The van der Waals surface area contributed by atoms with Crippen LogP contribution in [0, 0.1) is 6.92 Å². The van der Waals surface area contributed by atoms with Gasteiger partial charge in [0.05, 0.1) is 7.11 Å². The van der Waals surface area contributed by atoms with Gasteiger partial charge in [0.25, 0.3) is 0 Å². The van der Waals surface area contributed by atoms with E-state index < -0.39 is 0 Å². The predicted molar refractivity (Wildman–Crippen MR) is 120 cm³/mol. The summed E-state index contributed by atoms with van der Waals surface area (Å²) in [7, 11) is 1.59. The summed E-state index contributed by atoms with van der Waals surface area (Å²) in [5, 5.41) is 2.91. The van der Waals surface area contributed by atoms with Crippen LogP contribution < -0.4 is 10.1 Å². The Morgan fingerprint density at radius 2 is 2.07 bits per heavy atom. The highest BCUT2D eigenvalue weighted by Gasteiger charge is 2.14. The second-order valence-electron chi connectivity index (χ2n) is 6.53. The summed E-state index contributed by atoms with van der Waals surface area (Å²) in [4.78, 5) is 21.2. The number of oxazole rings is 1. The van der Waals surface area contributed by atoms with E-state index in [1.807, 2.05) is 49.4 Å². The Kier molecular flexibility index (Phi) is 5.63. The van der Waals surface area contributed by atoms with E-state index in [0.717, 1.165) is 21.2 Å². The summed E-state index contributed by atoms with van der Waals surface area (Å²) in [6.07, 6.45) is 4.86. The molecule has 0 aliphatic heterocycles. The van der Waals surface area contributed by atoms with E-state index in [1.165, 1.54) is 6.08 Å². The number of carbonyl (C=O) groups is 1. The highest BCUT2D eigenvalue weighted by molar-refractivity contribution is 9.10. The minimum atomic E-state index is -0.253. The van der Waals surface area contributed by atoms with Crippen molar-refractivity contribution in [3.8, 4) is 17.2 Å². The molecule has 2 heterocycles. The maximum Gasteiger partial charge on any atom is 0.248 e. The van der Waals surface area contributed by atoms with Gasteiger partial charge in [-0.1, -0.05) is 22.0 Å². The zero-order valence-electron chi connectivity index (χ0n) is 16.3. The lowest BCUT2D eigenvalue weighted by molar-refractivity contribution is -0.111. The minimum Gasteiger partial charge on any atom is -0.496 e. The average molecular weight is 464 g/mol. The molecule has 0 aliphatic carbocycles. The second-order valence-corrected chi connectivity index (χ2v) is 7.45. The van der Waals surface area contributed by atoms with Crippen molar-refractivity contribution in [1.82, 2.24) is 9.97 Å². The maximum absolute atomic E-state index is 12.5. The summed E-state index contributed by atoms with van der Waals surface area (Å²) in [6, 6.07) is 14.8. The quantitative estimate of drug-likeness (QED) is 0.388. The van der Waals surface area contributed by atoms with Crippen LogP contribution in [-0.2, 0) is 4.79 Å². The van der Waals surface area contributed by atoms with Crippen molar-refractivity contribution in [3.05, 3.63) is 76.4 Å². The topological polar surface area (TPSA) is 77.2 Å². The Morgan fingerprint density at radius 3 is 2.87 bits per heavy atom. The SMILES string of the molecule is COc1ccc(Br)cc1C=CC(=O)Nc1cccc(-c2nc3ncccc3o2)c1C. The summed E-state index contributed by atoms with van der Waals surface area (Å²) in [6.45, 7) is 1.91. The van der Waals surface area contributed by atoms with Gasteiger partial charge in [-0.3, -0.25) is 4.79 Å². The Labute approximate surface area is 181 Å². The van der Waals surface area contributed by atoms with Crippen molar-refractivity contribution < 1.29 is 13.9 Å². The molecule has 0 unspecified atom stereocenters. The van der Waals surface area contributed by atoms with Gasteiger partial charge in [-0.2, -0.15) is 4.98 Å². The Morgan fingerprint density at radius 1 is 1.20 bits per heavy atom. The van der Waals surface area contributed by atoms with Gasteiger partial charge in [0.2, 0.25) is 11.8 Å². The molecule has 150 valence electrons. The van der Waals surface area contributed by atoms with Crippen LogP contribution in [0.4, 0.5) is 5.69 Å². The lowest BCUT2D eigenvalue weighted by atomic mass is 10.1. The molecule has 0 aliphatic rings. The van der Waals surface area contributed by atoms with E-state index in [0.29, 0.717) is 28.6 Å². The molecule has 2 aromatic heterocycles. The van der Waals surface area contributed by atoms with Crippen LogP contribution in [0.1, 0.15) is 11.1 Å². The number of halogens is 1. The van der Waals surface area contributed by atoms with Gasteiger partial charge in [-0.15, -0.1) is 0 Å². The normalized spacial score (nSPS) is 11.2. The zero-order valence-corrected chi connectivity index (χ0v) is 17.9. The van der Waals surface area contributed by atoms with E-state index in [2.05, 4.69) is 31.2 Å². The van der Waals surface area contributed by atoms with Crippen molar-refractivity contribution in [1.29, 1.82) is 0 Å². The third kappa shape index (κ3) is 4.11. The smallest absolute Gasteiger partial charge is 0.248 e. The highest BCUT2D eigenvalue weighted by Crippen LogP contribution is 2.30. The van der Waals surface area contributed by atoms with Crippen molar-refractivity contribution in [2.24, 2.45) is 0 Å². The molecule has 0 atom stereocenters. The molecule has 4 rings (SSSR count). The Bertz CT molecular complexity index is 1230. The van der Waals surface area contributed by atoms with Gasteiger partial charge >= 0.3 is 0 Å². The number of methoxy groups -OCH3 is 1. The van der Waals surface area contributed by atoms with Gasteiger partial charge in [-0.25, -0.2) is 4.98 Å². The minimum absolute atomic E-state index is 0.253. The van der Waals surface area contributed by atoms with Gasteiger partial charge in [-0.05, 0) is 61.0 Å². The summed E-state index contributed by atoms with van der Waals surface area (Å²) in [5.74, 6) is 0.897.